The van der Waals surface area contributed by atoms with E-state index < -0.39 is 0 Å². The van der Waals surface area contributed by atoms with Gasteiger partial charge in [0, 0.05) is 19.1 Å². The standard InChI is InChI=1S/C16H21NO3.3C2H6/c1-3-7-16(8-4-1)19-12-6-2-5-11-18-13-9-15-10-14-20-17-15;3*1-2/h1,3-4,7-8,10,14H,2,5-6,9,11-13H2;3*1-2H3. The summed E-state index contributed by atoms with van der Waals surface area (Å²) in [6, 6.07) is 11.8. The van der Waals surface area contributed by atoms with Crippen LogP contribution in [0.4, 0.5) is 0 Å². The van der Waals surface area contributed by atoms with Crippen LogP contribution in [0.3, 0.4) is 0 Å². The van der Waals surface area contributed by atoms with Gasteiger partial charge in [0.15, 0.2) is 0 Å². The van der Waals surface area contributed by atoms with E-state index in [1.807, 2.05) is 77.9 Å². The Kier molecular flexibility index (Phi) is 23.6. The molecule has 0 N–H and O–H groups in total. The Balaban J connectivity index is 0. The van der Waals surface area contributed by atoms with Crippen molar-refractivity contribution < 1.29 is 14.0 Å². The smallest absolute Gasteiger partial charge is 0.124 e. The molecule has 0 saturated carbocycles. The van der Waals surface area contributed by atoms with Gasteiger partial charge < -0.3 is 14.0 Å². The Morgan fingerprint density at radius 1 is 0.769 bits per heavy atom. The van der Waals surface area contributed by atoms with E-state index in [2.05, 4.69) is 5.16 Å². The molecule has 2 aromatic rings. The molecule has 0 atom stereocenters. The van der Waals surface area contributed by atoms with Gasteiger partial charge in [-0.15, -0.1) is 0 Å². The second-order valence-corrected chi connectivity index (χ2v) is 4.58. The predicted octanol–water partition coefficient (Wildman–Crippen LogP) is 6.56. The maximum Gasteiger partial charge on any atom is 0.124 e. The van der Waals surface area contributed by atoms with Crippen LogP contribution in [0.1, 0.15) is 66.5 Å². The van der Waals surface area contributed by atoms with E-state index in [1.165, 1.54) is 0 Å². The van der Waals surface area contributed by atoms with Gasteiger partial charge >= 0.3 is 0 Å². The van der Waals surface area contributed by atoms with Crippen LogP contribution in [0.2, 0.25) is 0 Å². The zero-order valence-corrected chi connectivity index (χ0v) is 17.7. The van der Waals surface area contributed by atoms with E-state index in [-0.39, 0.29) is 0 Å². The topological polar surface area (TPSA) is 44.5 Å². The van der Waals surface area contributed by atoms with Crippen LogP contribution in [0.25, 0.3) is 0 Å². The number of unbranched alkanes of at least 4 members (excludes halogenated alkanes) is 2. The largest absolute Gasteiger partial charge is 0.494 e. The highest BCUT2D eigenvalue weighted by Crippen LogP contribution is 2.09. The summed E-state index contributed by atoms with van der Waals surface area (Å²) in [6.07, 6.45) is 5.64. The second-order valence-electron chi connectivity index (χ2n) is 4.58. The zero-order valence-electron chi connectivity index (χ0n) is 17.7. The molecule has 0 saturated heterocycles. The fraction of sp³-hybridized carbons (Fsp3) is 0.591. The number of rotatable bonds is 10. The fourth-order valence-electron chi connectivity index (χ4n) is 1.84. The van der Waals surface area contributed by atoms with Gasteiger partial charge in [-0.05, 0) is 31.4 Å². The Bertz CT molecular complexity index is 444. The fourth-order valence-corrected chi connectivity index (χ4v) is 1.84. The minimum atomic E-state index is 0.701. The van der Waals surface area contributed by atoms with E-state index in [1.54, 1.807) is 6.26 Å². The molecule has 0 fully saturated rings. The third kappa shape index (κ3) is 15.7. The molecule has 0 aliphatic heterocycles. The van der Waals surface area contributed by atoms with Crippen molar-refractivity contribution in [2.24, 2.45) is 0 Å². The molecule has 0 aliphatic rings. The van der Waals surface area contributed by atoms with E-state index in [4.69, 9.17) is 14.0 Å². The number of para-hydroxylation sites is 1. The van der Waals surface area contributed by atoms with E-state index in [0.29, 0.717) is 6.61 Å². The van der Waals surface area contributed by atoms with Crippen LogP contribution in [0, 0.1) is 0 Å². The lowest BCUT2D eigenvalue weighted by atomic mass is 10.2. The summed E-state index contributed by atoms with van der Waals surface area (Å²) in [6.45, 7) is 14.3. The lowest BCUT2D eigenvalue weighted by molar-refractivity contribution is 0.130. The van der Waals surface area contributed by atoms with Crippen LogP contribution >= 0.6 is 0 Å². The van der Waals surface area contributed by atoms with Crippen molar-refractivity contribution in [1.82, 2.24) is 5.16 Å². The van der Waals surface area contributed by atoms with E-state index in [9.17, 15) is 0 Å². The number of benzene rings is 1. The van der Waals surface area contributed by atoms with Crippen LogP contribution in [-0.2, 0) is 11.2 Å². The minimum absolute atomic E-state index is 0.701. The first-order valence-electron chi connectivity index (χ1n) is 10.1. The van der Waals surface area contributed by atoms with Crippen molar-refractivity contribution in [3.8, 4) is 5.75 Å². The molecule has 150 valence electrons. The molecule has 26 heavy (non-hydrogen) atoms. The zero-order chi connectivity index (χ0) is 19.9. The molecule has 2 rings (SSSR count). The molecule has 0 aliphatic carbocycles. The summed E-state index contributed by atoms with van der Waals surface area (Å²) in [7, 11) is 0. The molecule has 4 heteroatoms. The molecule has 0 radical (unpaired) electrons. The van der Waals surface area contributed by atoms with Gasteiger partial charge in [-0.2, -0.15) is 0 Å². The number of ether oxygens (including phenoxy) is 2. The Morgan fingerprint density at radius 2 is 1.42 bits per heavy atom. The Hall–Kier alpha value is -1.81. The van der Waals surface area contributed by atoms with E-state index in [0.717, 1.165) is 50.3 Å². The van der Waals surface area contributed by atoms with Crippen molar-refractivity contribution in [3.63, 3.8) is 0 Å². The highest BCUT2D eigenvalue weighted by atomic mass is 16.5. The number of hydrogen-bond acceptors (Lipinski definition) is 4. The predicted molar refractivity (Wildman–Crippen MR) is 111 cm³/mol. The number of nitrogens with zero attached hydrogens (tertiary/aromatic N) is 1. The van der Waals surface area contributed by atoms with Crippen molar-refractivity contribution in [2.75, 3.05) is 19.8 Å². The average Bonchev–Trinajstić information content (AvgIpc) is 3.26. The summed E-state index contributed by atoms with van der Waals surface area (Å²) in [4.78, 5) is 0. The summed E-state index contributed by atoms with van der Waals surface area (Å²) in [5, 5.41) is 3.83. The number of aromatic nitrogens is 1. The van der Waals surface area contributed by atoms with Gasteiger partial charge in [-0.1, -0.05) is 64.9 Å². The van der Waals surface area contributed by atoms with Crippen LogP contribution < -0.4 is 4.74 Å². The first-order chi connectivity index (χ1) is 12.9. The van der Waals surface area contributed by atoms with Crippen molar-refractivity contribution in [2.45, 2.75) is 67.2 Å². The maximum absolute atomic E-state index is 5.62. The van der Waals surface area contributed by atoms with Gasteiger partial charge in [0.2, 0.25) is 0 Å². The SMILES string of the molecule is CC.CC.CC.c1ccc(OCCCCCOCCc2ccon2)cc1. The molecule has 0 amide bonds. The first kappa shape index (κ1) is 26.4. The highest BCUT2D eigenvalue weighted by Gasteiger charge is 1.97. The summed E-state index contributed by atoms with van der Waals surface area (Å²) in [5.41, 5.74) is 0.946. The van der Waals surface area contributed by atoms with E-state index >= 15 is 0 Å². The Labute approximate surface area is 160 Å². The molecule has 1 aromatic carbocycles. The highest BCUT2D eigenvalue weighted by molar-refractivity contribution is 5.20. The third-order valence-electron chi connectivity index (χ3n) is 2.94. The van der Waals surface area contributed by atoms with Gasteiger partial charge in [0.1, 0.15) is 12.0 Å². The van der Waals surface area contributed by atoms with Gasteiger partial charge in [0.25, 0.3) is 0 Å². The van der Waals surface area contributed by atoms with Crippen LogP contribution in [-0.4, -0.2) is 25.0 Å². The summed E-state index contributed by atoms with van der Waals surface area (Å²) < 4.78 is 15.9. The molecule has 0 spiro atoms. The van der Waals surface area contributed by atoms with Gasteiger partial charge in [-0.3, -0.25) is 0 Å². The molecule has 0 unspecified atom stereocenters. The normalized spacial score (nSPS) is 8.85. The molecular formula is C22H39NO3. The quantitative estimate of drug-likeness (QED) is 0.447. The van der Waals surface area contributed by atoms with Gasteiger partial charge in [-0.25, -0.2) is 0 Å². The van der Waals surface area contributed by atoms with Crippen molar-refractivity contribution in [1.29, 1.82) is 0 Å². The molecule has 1 aromatic heterocycles. The molecule has 0 bridgehead atoms. The first-order valence-corrected chi connectivity index (χ1v) is 10.1. The summed E-state index contributed by atoms with van der Waals surface area (Å²) in [5.74, 6) is 0.941. The van der Waals surface area contributed by atoms with Crippen molar-refractivity contribution in [3.05, 3.63) is 48.4 Å². The van der Waals surface area contributed by atoms with Crippen LogP contribution in [0.15, 0.2) is 47.2 Å². The number of hydrogen-bond donors (Lipinski definition) is 0. The maximum atomic E-state index is 5.62. The summed E-state index contributed by atoms with van der Waals surface area (Å²) >= 11 is 0. The minimum Gasteiger partial charge on any atom is -0.494 e. The lowest BCUT2D eigenvalue weighted by Gasteiger charge is -2.06. The molecule has 4 nitrogen and oxygen atoms in total. The van der Waals surface area contributed by atoms with Crippen LogP contribution in [0.5, 0.6) is 5.75 Å². The molecule has 1 heterocycles. The van der Waals surface area contributed by atoms with Gasteiger partial charge in [0.05, 0.1) is 18.9 Å². The average molecular weight is 366 g/mol. The third-order valence-corrected chi connectivity index (χ3v) is 2.94. The lowest BCUT2D eigenvalue weighted by Crippen LogP contribution is -2.02. The Morgan fingerprint density at radius 3 is 2.04 bits per heavy atom. The monoisotopic (exact) mass is 365 g/mol. The second kappa shape index (κ2) is 23.2. The van der Waals surface area contributed by atoms with Crippen molar-refractivity contribution >= 4 is 0 Å². The molecular weight excluding hydrogens is 326 g/mol.